The molecule has 6 nitrogen and oxygen atoms in total. The van der Waals surface area contributed by atoms with Gasteiger partial charge < -0.3 is 16.0 Å². The molecule has 0 aliphatic carbocycles. The van der Waals surface area contributed by atoms with E-state index in [4.69, 9.17) is 5.73 Å². The topological polar surface area (TPSA) is 88.3 Å². The van der Waals surface area contributed by atoms with E-state index in [2.05, 4.69) is 10.3 Å². The first-order chi connectivity index (χ1) is 8.70. The van der Waals surface area contributed by atoms with Gasteiger partial charge in [0.25, 0.3) is 5.91 Å². The van der Waals surface area contributed by atoms with E-state index in [-0.39, 0.29) is 29.6 Å². The average Bonchev–Trinajstić information content (AvgIpc) is 2.26. The molecule has 1 aromatic heterocycles. The van der Waals surface area contributed by atoms with Crippen molar-refractivity contribution in [1.82, 2.24) is 15.2 Å². The van der Waals surface area contributed by atoms with Crippen LogP contribution < -0.4 is 11.1 Å². The molecule has 0 fully saturated rings. The first kappa shape index (κ1) is 14.9. The molecule has 3 N–H and O–H groups in total. The van der Waals surface area contributed by atoms with Crippen LogP contribution in [0.3, 0.4) is 0 Å². The monoisotopic (exact) mass is 264 g/mol. The van der Waals surface area contributed by atoms with E-state index >= 15 is 0 Å². The number of carbonyl (C=O) groups is 2. The summed E-state index contributed by atoms with van der Waals surface area (Å²) in [6, 6.07) is 3.25. The number of likely N-dealkylation sites (N-methyl/N-ethyl adjacent to an activating group) is 1. The number of nitrogens with one attached hydrogen (secondary N) is 1. The molecule has 0 unspecified atom stereocenters. The second kappa shape index (κ2) is 5.69. The van der Waals surface area contributed by atoms with E-state index in [1.807, 2.05) is 20.8 Å². The summed E-state index contributed by atoms with van der Waals surface area (Å²) in [7, 11) is 1.54. The first-order valence-corrected chi connectivity index (χ1v) is 5.97. The van der Waals surface area contributed by atoms with Gasteiger partial charge in [-0.3, -0.25) is 9.59 Å². The maximum Gasteiger partial charge on any atom is 0.274 e. The summed E-state index contributed by atoms with van der Waals surface area (Å²) in [5.74, 6) is -0.597. The van der Waals surface area contributed by atoms with Crippen LogP contribution in [0.4, 0.5) is 5.69 Å². The quantitative estimate of drug-likeness (QED) is 0.839. The maximum absolute atomic E-state index is 12.1. The zero-order chi connectivity index (χ0) is 14.6. The van der Waals surface area contributed by atoms with Crippen molar-refractivity contribution in [2.24, 2.45) is 0 Å². The van der Waals surface area contributed by atoms with Crippen molar-refractivity contribution in [1.29, 1.82) is 0 Å². The molecule has 1 heterocycles. The lowest BCUT2D eigenvalue weighted by atomic mass is 10.1. The molecule has 1 aromatic rings. The minimum absolute atomic E-state index is 0.0356. The number of aromatic nitrogens is 1. The van der Waals surface area contributed by atoms with Crippen molar-refractivity contribution in [2.45, 2.75) is 26.3 Å². The summed E-state index contributed by atoms with van der Waals surface area (Å²) in [4.78, 5) is 29.0. The van der Waals surface area contributed by atoms with Crippen LogP contribution in [0.15, 0.2) is 18.3 Å². The van der Waals surface area contributed by atoms with Gasteiger partial charge in [-0.05, 0) is 32.9 Å². The van der Waals surface area contributed by atoms with Gasteiger partial charge in [-0.2, -0.15) is 0 Å². The van der Waals surface area contributed by atoms with E-state index in [1.165, 1.54) is 11.1 Å². The Morgan fingerprint density at radius 1 is 1.42 bits per heavy atom. The number of amides is 2. The molecule has 0 saturated heterocycles. The Morgan fingerprint density at radius 2 is 2.05 bits per heavy atom. The summed E-state index contributed by atoms with van der Waals surface area (Å²) in [5, 5.41) is 2.79. The van der Waals surface area contributed by atoms with Gasteiger partial charge in [0, 0.05) is 18.8 Å². The van der Waals surface area contributed by atoms with Crippen molar-refractivity contribution in [3.63, 3.8) is 0 Å². The van der Waals surface area contributed by atoms with Crippen LogP contribution in [-0.2, 0) is 4.79 Å². The number of hydrogen-bond donors (Lipinski definition) is 2. The Kier molecular flexibility index (Phi) is 4.47. The number of hydrogen-bond acceptors (Lipinski definition) is 4. The van der Waals surface area contributed by atoms with Gasteiger partial charge in [0.05, 0.1) is 12.2 Å². The minimum atomic E-state index is -0.373. The van der Waals surface area contributed by atoms with Gasteiger partial charge in [-0.15, -0.1) is 0 Å². The SMILES string of the molecule is CN(CC(=O)NC(C)(C)C)C(=O)c1ncccc1N. The van der Waals surface area contributed by atoms with E-state index in [9.17, 15) is 9.59 Å². The highest BCUT2D eigenvalue weighted by Crippen LogP contribution is 2.09. The largest absolute Gasteiger partial charge is 0.397 e. The highest BCUT2D eigenvalue weighted by Gasteiger charge is 2.20. The van der Waals surface area contributed by atoms with Crippen molar-refractivity contribution in [2.75, 3.05) is 19.3 Å². The number of nitrogens with two attached hydrogens (primary N) is 1. The number of pyridine rings is 1. The van der Waals surface area contributed by atoms with Gasteiger partial charge >= 0.3 is 0 Å². The number of nitrogens with zero attached hydrogens (tertiary/aromatic N) is 2. The van der Waals surface area contributed by atoms with Gasteiger partial charge in [0.2, 0.25) is 5.91 Å². The van der Waals surface area contributed by atoms with Crippen LogP contribution in [0.1, 0.15) is 31.3 Å². The molecule has 19 heavy (non-hydrogen) atoms. The third-order valence-electron chi connectivity index (χ3n) is 2.28. The molecule has 0 aliphatic heterocycles. The Balaban J connectivity index is 2.69. The third-order valence-corrected chi connectivity index (χ3v) is 2.28. The van der Waals surface area contributed by atoms with Crippen LogP contribution in [-0.4, -0.2) is 40.8 Å². The van der Waals surface area contributed by atoms with Gasteiger partial charge in [0.1, 0.15) is 0 Å². The number of nitrogen functional groups attached to an aromatic ring is 1. The van der Waals surface area contributed by atoms with E-state index in [0.29, 0.717) is 5.69 Å². The fourth-order valence-electron chi connectivity index (χ4n) is 1.52. The fourth-order valence-corrected chi connectivity index (χ4v) is 1.52. The zero-order valence-corrected chi connectivity index (χ0v) is 11.7. The van der Waals surface area contributed by atoms with Gasteiger partial charge in [-0.25, -0.2) is 4.98 Å². The summed E-state index contributed by atoms with van der Waals surface area (Å²) >= 11 is 0. The summed E-state index contributed by atoms with van der Waals surface area (Å²) in [5.41, 5.74) is 5.82. The molecule has 0 radical (unpaired) electrons. The molecular weight excluding hydrogens is 244 g/mol. The molecular formula is C13H20N4O2. The van der Waals surface area contributed by atoms with Gasteiger partial charge in [-0.1, -0.05) is 0 Å². The molecule has 104 valence electrons. The van der Waals surface area contributed by atoms with Crippen molar-refractivity contribution in [3.8, 4) is 0 Å². The number of rotatable bonds is 3. The Bertz CT molecular complexity index is 480. The summed E-state index contributed by atoms with van der Waals surface area (Å²) in [6.45, 7) is 5.60. The molecule has 6 heteroatoms. The molecule has 0 saturated carbocycles. The van der Waals surface area contributed by atoms with Crippen molar-refractivity contribution < 1.29 is 9.59 Å². The normalized spacial score (nSPS) is 10.9. The zero-order valence-electron chi connectivity index (χ0n) is 11.7. The second-order valence-electron chi connectivity index (χ2n) is 5.40. The predicted molar refractivity (Wildman–Crippen MR) is 73.5 cm³/mol. The number of carbonyl (C=O) groups excluding carboxylic acids is 2. The minimum Gasteiger partial charge on any atom is -0.397 e. The van der Waals surface area contributed by atoms with Crippen LogP contribution in [0, 0.1) is 0 Å². The van der Waals surface area contributed by atoms with Crippen LogP contribution in [0.2, 0.25) is 0 Å². The molecule has 1 rings (SSSR count). The maximum atomic E-state index is 12.1. The lowest BCUT2D eigenvalue weighted by Gasteiger charge is -2.23. The van der Waals surface area contributed by atoms with Gasteiger partial charge in [0.15, 0.2) is 5.69 Å². The van der Waals surface area contributed by atoms with Crippen molar-refractivity contribution in [3.05, 3.63) is 24.0 Å². The van der Waals surface area contributed by atoms with E-state index in [0.717, 1.165) is 0 Å². The Labute approximate surface area is 113 Å². The highest BCUT2D eigenvalue weighted by molar-refractivity contribution is 5.98. The van der Waals surface area contributed by atoms with Crippen LogP contribution in [0.25, 0.3) is 0 Å². The standard InChI is InChI=1S/C13H20N4O2/c1-13(2,3)16-10(18)8-17(4)12(19)11-9(14)6-5-7-15-11/h5-7H,8,14H2,1-4H3,(H,16,18). The van der Waals surface area contributed by atoms with E-state index < -0.39 is 0 Å². The second-order valence-corrected chi connectivity index (χ2v) is 5.40. The first-order valence-electron chi connectivity index (χ1n) is 5.97. The lowest BCUT2D eigenvalue weighted by Crippen LogP contribution is -2.46. The molecule has 0 atom stereocenters. The van der Waals surface area contributed by atoms with Crippen LogP contribution >= 0.6 is 0 Å². The Hall–Kier alpha value is -2.11. The fraction of sp³-hybridized carbons (Fsp3) is 0.462. The highest BCUT2D eigenvalue weighted by atomic mass is 16.2. The number of anilines is 1. The molecule has 0 aromatic carbocycles. The molecule has 0 bridgehead atoms. The predicted octanol–water partition coefficient (Wildman–Crippen LogP) is 0.650. The average molecular weight is 264 g/mol. The Morgan fingerprint density at radius 3 is 2.58 bits per heavy atom. The van der Waals surface area contributed by atoms with Crippen LogP contribution in [0.5, 0.6) is 0 Å². The lowest BCUT2D eigenvalue weighted by molar-refractivity contribution is -0.122. The van der Waals surface area contributed by atoms with E-state index in [1.54, 1.807) is 19.2 Å². The molecule has 0 aliphatic rings. The molecule has 0 spiro atoms. The molecule has 2 amide bonds. The smallest absolute Gasteiger partial charge is 0.274 e. The summed E-state index contributed by atoms with van der Waals surface area (Å²) < 4.78 is 0. The third kappa shape index (κ3) is 4.57. The summed E-state index contributed by atoms with van der Waals surface area (Å²) in [6.07, 6.45) is 1.49. The van der Waals surface area contributed by atoms with Crippen molar-refractivity contribution >= 4 is 17.5 Å².